The van der Waals surface area contributed by atoms with Crippen LogP contribution in [0.1, 0.15) is 13.8 Å². The maximum Gasteiger partial charge on any atom is 0.228 e. The maximum atomic E-state index is 5.62. The fourth-order valence-electron chi connectivity index (χ4n) is 1.96. The van der Waals surface area contributed by atoms with E-state index in [1.165, 1.54) is 0 Å². The van der Waals surface area contributed by atoms with Gasteiger partial charge in [0.1, 0.15) is 0 Å². The summed E-state index contributed by atoms with van der Waals surface area (Å²) in [7, 11) is 2.16. The Labute approximate surface area is 117 Å². The van der Waals surface area contributed by atoms with Gasteiger partial charge < -0.3 is 14.5 Å². The summed E-state index contributed by atoms with van der Waals surface area (Å²) in [6.07, 6.45) is 2.04. The van der Waals surface area contributed by atoms with Crippen molar-refractivity contribution in [2.45, 2.75) is 20.0 Å². The van der Waals surface area contributed by atoms with E-state index in [4.69, 9.17) is 4.74 Å². The summed E-state index contributed by atoms with van der Waals surface area (Å²) in [5.41, 5.74) is 1.16. The van der Waals surface area contributed by atoms with E-state index < -0.39 is 0 Å². The van der Waals surface area contributed by atoms with Crippen LogP contribution in [0.2, 0.25) is 0 Å². The molecule has 5 heteroatoms. The number of anilines is 1. The number of ether oxygens (including phenoxy) is 1. The first-order valence-electron chi connectivity index (χ1n) is 6.32. The molecule has 0 spiro atoms. The number of halogens is 1. The lowest BCUT2D eigenvalue weighted by Crippen LogP contribution is -2.44. The smallest absolute Gasteiger partial charge is 0.228 e. The van der Waals surface area contributed by atoms with Gasteiger partial charge in [-0.05, 0) is 42.9 Å². The fraction of sp³-hybridized carbons (Fsp3) is 0.615. The summed E-state index contributed by atoms with van der Waals surface area (Å²) in [6.45, 7) is 8.30. The summed E-state index contributed by atoms with van der Waals surface area (Å²) in [6, 6.07) is 2.09. The molecule has 1 aliphatic heterocycles. The van der Waals surface area contributed by atoms with Gasteiger partial charge >= 0.3 is 0 Å². The van der Waals surface area contributed by atoms with Crippen LogP contribution in [0, 0.1) is 0 Å². The number of piperazine rings is 1. The standard InChI is InChI=1S/C13H20BrN3O/c1-10(2)18-13-12(14)8-11(9-15-13)17-6-4-16(3)5-7-17/h8-10H,4-7H2,1-3H3. The first-order valence-corrected chi connectivity index (χ1v) is 7.11. The summed E-state index contributed by atoms with van der Waals surface area (Å²) in [4.78, 5) is 9.09. The molecule has 1 fully saturated rings. The van der Waals surface area contributed by atoms with E-state index in [9.17, 15) is 0 Å². The third-order valence-corrected chi connectivity index (χ3v) is 3.58. The summed E-state index contributed by atoms with van der Waals surface area (Å²) in [5.74, 6) is 0.669. The number of hydrogen-bond donors (Lipinski definition) is 0. The van der Waals surface area contributed by atoms with Crippen LogP contribution >= 0.6 is 15.9 Å². The van der Waals surface area contributed by atoms with E-state index in [1.807, 2.05) is 20.0 Å². The van der Waals surface area contributed by atoms with Gasteiger partial charge in [0.2, 0.25) is 5.88 Å². The van der Waals surface area contributed by atoms with Gasteiger partial charge in [0.15, 0.2) is 0 Å². The van der Waals surface area contributed by atoms with Crippen molar-refractivity contribution in [3.63, 3.8) is 0 Å². The first kappa shape index (κ1) is 13.6. The van der Waals surface area contributed by atoms with Crippen molar-refractivity contribution in [3.05, 3.63) is 16.7 Å². The third kappa shape index (κ3) is 3.36. The van der Waals surface area contributed by atoms with Crippen molar-refractivity contribution in [1.82, 2.24) is 9.88 Å². The second-order valence-electron chi connectivity index (χ2n) is 4.94. The summed E-state index contributed by atoms with van der Waals surface area (Å²) < 4.78 is 6.54. The Balaban J connectivity index is 2.08. The zero-order valence-corrected chi connectivity index (χ0v) is 12.8. The molecule has 2 heterocycles. The third-order valence-electron chi connectivity index (χ3n) is 3.01. The zero-order chi connectivity index (χ0) is 13.1. The van der Waals surface area contributed by atoms with Crippen LogP contribution < -0.4 is 9.64 Å². The predicted octanol–water partition coefficient (Wildman–Crippen LogP) is 2.38. The number of aromatic nitrogens is 1. The van der Waals surface area contributed by atoms with Crippen LogP contribution in [0.25, 0.3) is 0 Å². The Kier molecular flexibility index (Phi) is 4.45. The van der Waals surface area contributed by atoms with E-state index in [0.29, 0.717) is 5.88 Å². The minimum Gasteiger partial charge on any atom is -0.474 e. The van der Waals surface area contributed by atoms with Gasteiger partial charge in [0.05, 0.1) is 22.5 Å². The molecule has 0 aliphatic carbocycles. The molecular formula is C13H20BrN3O. The van der Waals surface area contributed by atoms with Crippen molar-refractivity contribution in [2.24, 2.45) is 0 Å². The van der Waals surface area contributed by atoms with Gasteiger partial charge in [-0.15, -0.1) is 0 Å². The molecule has 0 atom stereocenters. The molecule has 0 unspecified atom stereocenters. The monoisotopic (exact) mass is 313 g/mol. The van der Waals surface area contributed by atoms with Crippen molar-refractivity contribution < 1.29 is 4.74 Å². The lowest BCUT2D eigenvalue weighted by molar-refractivity contribution is 0.231. The molecule has 4 nitrogen and oxygen atoms in total. The topological polar surface area (TPSA) is 28.6 Å². The van der Waals surface area contributed by atoms with Crippen LogP contribution in [-0.4, -0.2) is 49.2 Å². The predicted molar refractivity (Wildman–Crippen MR) is 77.4 cm³/mol. The number of nitrogens with zero attached hydrogens (tertiary/aromatic N) is 3. The average molecular weight is 314 g/mol. The van der Waals surface area contributed by atoms with Gasteiger partial charge in [-0.2, -0.15) is 0 Å². The molecule has 0 saturated carbocycles. The van der Waals surface area contributed by atoms with Crippen molar-refractivity contribution in [3.8, 4) is 5.88 Å². The molecule has 0 N–H and O–H groups in total. The Bertz CT molecular complexity index is 403. The normalized spacial score (nSPS) is 17.3. The Morgan fingerprint density at radius 1 is 1.28 bits per heavy atom. The van der Waals surface area contributed by atoms with Gasteiger partial charge in [0, 0.05) is 26.2 Å². The Morgan fingerprint density at radius 2 is 1.94 bits per heavy atom. The highest BCUT2D eigenvalue weighted by atomic mass is 79.9. The molecule has 1 saturated heterocycles. The summed E-state index contributed by atoms with van der Waals surface area (Å²) >= 11 is 3.53. The molecule has 1 aromatic rings. The lowest BCUT2D eigenvalue weighted by Gasteiger charge is -2.34. The Morgan fingerprint density at radius 3 is 2.50 bits per heavy atom. The quantitative estimate of drug-likeness (QED) is 0.856. The van der Waals surface area contributed by atoms with Crippen molar-refractivity contribution in [2.75, 3.05) is 38.1 Å². The molecule has 0 radical (unpaired) electrons. The molecule has 1 aromatic heterocycles. The minimum atomic E-state index is 0.142. The molecule has 0 aromatic carbocycles. The number of likely N-dealkylation sites (N-methyl/N-ethyl adjacent to an activating group) is 1. The van der Waals surface area contributed by atoms with Crippen LogP contribution in [0.4, 0.5) is 5.69 Å². The first-order chi connectivity index (χ1) is 8.56. The van der Waals surface area contributed by atoms with E-state index >= 15 is 0 Å². The highest BCUT2D eigenvalue weighted by molar-refractivity contribution is 9.10. The second-order valence-corrected chi connectivity index (χ2v) is 5.79. The van der Waals surface area contributed by atoms with Crippen LogP contribution in [0.3, 0.4) is 0 Å². The molecular weight excluding hydrogens is 294 g/mol. The van der Waals surface area contributed by atoms with Crippen molar-refractivity contribution in [1.29, 1.82) is 0 Å². The highest BCUT2D eigenvalue weighted by Gasteiger charge is 2.16. The minimum absolute atomic E-state index is 0.142. The Hall–Kier alpha value is -0.810. The van der Waals surface area contributed by atoms with Gasteiger partial charge in [-0.3, -0.25) is 0 Å². The maximum absolute atomic E-state index is 5.62. The highest BCUT2D eigenvalue weighted by Crippen LogP contribution is 2.28. The lowest BCUT2D eigenvalue weighted by atomic mass is 10.3. The van der Waals surface area contributed by atoms with Crippen LogP contribution in [-0.2, 0) is 0 Å². The molecule has 100 valence electrons. The van der Waals surface area contributed by atoms with Gasteiger partial charge in [-0.1, -0.05) is 0 Å². The molecule has 1 aliphatic rings. The molecule has 0 bridgehead atoms. The zero-order valence-electron chi connectivity index (χ0n) is 11.2. The van der Waals surface area contributed by atoms with E-state index in [1.54, 1.807) is 0 Å². The SMILES string of the molecule is CC(C)Oc1ncc(N2CCN(C)CC2)cc1Br. The van der Waals surface area contributed by atoms with Gasteiger partial charge in [0.25, 0.3) is 0 Å². The number of rotatable bonds is 3. The summed E-state index contributed by atoms with van der Waals surface area (Å²) in [5, 5.41) is 0. The largest absolute Gasteiger partial charge is 0.474 e. The number of pyridine rings is 1. The van der Waals surface area contributed by atoms with Crippen molar-refractivity contribution >= 4 is 21.6 Å². The fourth-order valence-corrected chi connectivity index (χ4v) is 2.39. The molecule has 18 heavy (non-hydrogen) atoms. The van der Waals surface area contributed by atoms with Crippen LogP contribution in [0.15, 0.2) is 16.7 Å². The molecule has 2 rings (SSSR count). The second kappa shape index (κ2) is 5.89. The van der Waals surface area contributed by atoms with Gasteiger partial charge in [-0.25, -0.2) is 4.98 Å². The van der Waals surface area contributed by atoms with E-state index in [2.05, 4.69) is 43.8 Å². The van der Waals surface area contributed by atoms with Crippen LogP contribution in [0.5, 0.6) is 5.88 Å². The average Bonchev–Trinajstić information content (AvgIpc) is 2.32. The number of hydrogen-bond acceptors (Lipinski definition) is 4. The molecule has 0 amide bonds. The van der Waals surface area contributed by atoms with E-state index in [-0.39, 0.29) is 6.10 Å². The van der Waals surface area contributed by atoms with E-state index in [0.717, 1.165) is 36.3 Å².